The second-order valence-electron chi connectivity index (χ2n) is 17.1. The van der Waals surface area contributed by atoms with Crippen molar-refractivity contribution in [2.75, 3.05) is 47.5 Å². The Kier molecular flexibility index (Phi) is 40.4. The van der Waals surface area contributed by atoms with Crippen LogP contribution < -0.4 is 4.89 Å². The van der Waals surface area contributed by atoms with Crippen molar-refractivity contribution in [2.24, 2.45) is 0 Å². The lowest BCUT2D eigenvalue weighted by Gasteiger charge is -2.28. The molecule has 2 unspecified atom stereocenters. The fourth-order valence-electron chi connectivity index (χ4n) is 6.22. The van der Waals surface area contributed by atoms with Gasteiger partial charge in [-0.15, -0.1) is 0 Å². The number of ether oxygens (including phenoxy) is 2. The number of rotatable bonds is 43. The quantitative estimate of drug-likeness (QED) is 0.0196. The SMILES string of the molecule is CCCCC/C=C\C/C=C\CCCCCCCC(=O)OCC(COP(=O)([O-])OCC[N+](C)(C)C)OC(=O)CCCCCCCC/C=C\C/C=C\C/C=C\CCCCCCC. The van der Waals surface area contributed by atoms with E-state index in [-0.39, 0.29) is 26.1 Å². The number of carbonyl (C=O) groups is 2. The van der Waals surface area contributed by atoms with Gasteiger partial charge in [-0.3, -0.25) is 14.2 Å². The summed E-state index contributed by atoms with van der Waals surface area (Å²) in [4.78, 5) is 37.6. The molecule has 0 rings (SSSR count). The number of esters is 2. The molecule has 0 heterocycles. The number of phosphoric ester groups is 1. The van der Waals surface area contributed by atoms with Crippen molar-refractivity contribution in [3.05, 3.63) is 60.8 Å². The van der Waals surface area contributed by atoms with Crippen LogP contribution in [0.5, 0.6) is 0 Å². The predicted octanol–water partition coefficient (Wildman–Crippen LogP) is 13.4. The van der Waals surface area contributed by atoms with Gasteiger partial charge in [0.1, 0.15) is 19.8 Å². The molecule has 0 aromatic heterocycles. The van der Waals surface area contributed by atoms with Crippen molar-refractivity contribution in [1.82, 2.24) is 0 Å². The van der Waals surface area contributed by atoms with Gasteiger partial charge in [-0.05, 0) is 83.5 Å². The van der Waals surface area contributed by atoms with Crippen molar-refractivity contribution in [1.29, 1.82) is 0 Å². The van der Waals surface area contributed by atoms with Crippen LogP contribution in [0.2, 0.25) is 0 Å². The second-order valence-corrected chi connectivity index (χ2v) is 18.5. The van der Waals surface area contributed by atoms with Crippen LogP contribution in [0, 0.1) is 0 Å². The van der Waals surface area contributed by atoms with Crippen LogP contribution in [0.3, 0.4) is 0 Å². The van der Waals surface area contributed by atoms with Gasteiger partial charge in [0.2, 0.25) is 0 Å². The molecule has 0 aromatic rings. The van der Waals surface area contributed by atoms with Gasteiger partial charge >= 0.3 is 11.9 Å². The molecule has 2 atom stereocenters. The van der Waals surface area contributed by atoms with E-state index in [1.165, 1.54) is 64.2 Å². The number of nitrogens with zero attached hydrogens (tertiary/aromatic N) is 1. The van der Waals surface area contributed by atoms with E-state index in [0.29, 0.717) is 23.9 Å². The van der Waals surface area contributed by atoms with Crippen LogP contribution in [0.15, 0.2) is 60.8 Å². The molecule has 0 aromatic carbocycles. The molecule has 0 fully saturated rings. The van der Waals surface area contributed by atoms with Crippen molar-refractivity contribution >= 4 is 19.8 Å². The summed E-state index contributed by atoms with van der Waals surface area (Å²) in [7, 11) is 1.14. The summed E-state index contributed by atoms with van der Waals surface area (Å²) in [5.74, 6) is -0.867. The number of hydrogen-bond acceptors (Lipinski definition) is 8. The standard InChI is InChI=1S/C50H90NO8P/c1-6-8-10-12-14-16-18-20-22-23-24-25-26-27-29-31-33-35-37-39-41-43-50(53)59-48(47-58-60(54,55)57-45-44-51(3,4)5)46-56-49(52)42-40-38-36-34-32-30-28-21-19-17-15-13-11-9-7-2/h15,17-18,20-21,23-24,26-28,48H,6-14,16,19,22,25,29-47H2,1-5H3/b17-15-,20-18-,24-23-,27-26-,28-21-. The molecule has 0 spiro atoms. The van der Waals surface area contributed by atoms with Crippen LogP contribution in [0.1, 0.15) is 194 Å². The minimum Gasteiger partial charge on any atom is -0.756 e. The van der Waals surface area contributed by atoms with Gasteiger partial charge in [-0.1, -0.05) is 158 Å². The van der Waals surface area contributed by atoms with Crippen LogP contribution in [-0.4, -0.2) is 70.0 Å². The highest BCUT2D eigenvalue weighted by Gasteiger charge is 2.21. The number of likely N-dealkylation sites (N-methyl/N-ethyl adjacent to an activating group) is 1. The number of hydrogen-bond donors (Lipinski definition) is 0. The van der Waals surface area contributed by atoms with Crippen LogP contribution in [0.4, 0.5) is 0 Å². The van der Waals surface area contributed by atoms with Crippen molar-refractivity contribution in [3.63, 3.8) is 0 Å². The third-order valence-corrected chi connectivity index (χ3v) is 11.0. The Balaban J connectivity index is 4.36. The highest BCUT2D eigenvalue weighted by atomic mass is 31.2. The Hall–Kier alpha value is -2.29. The lowest BCUT2D eigenvalue weighted by molar-refractivity contribution is -0.870. The van der Waals surface area contributed by atoms with Gasteiger partial charge < -0.3 is 27.9 Å². The Labute approximate surface area is 368 Å². The van der Waals surface area contributed by atoms with Gasteiger partial charge in [0.05, 0.1) is 27.7 Å². The molecular weight excluding hydrogens is 774 g/mol. The number of carbonyl (C=O) groups excluding carboxylic acids is 2. The molecule has 0 aliphatic carbocycles. The molecule has 0 saturated heterocycles. The molecule has 10 heteroatoms. The van der Waals surface area contributed by atoms with E-state index < -0.39 is 32.5 Å². The molecule has 0 N–H and O–H groups in total. The van der Waals surface area contributed by atoms with Crippen molar-refractivity contribution in [2.45, 2.75) is 200 Å². The fraction of sp³-hybridized carbons (Fsp3) is 0.760. The minimum absolute atomic E-state index is 0.0385. The molecular formula is C50H90NO8P. The fourth-order valence-corrected chi connectivity index (χ4v) is 6.95. The van der Waals surface area contributed by atoms with E-state index in [2.05, 4.69) is 74.6 Å². The first-order valence-corrected chi connectivity index (χ1v) is 25.5. The summed E-state index contributed by atoms with van der Waals surface area (Å²) in [6, 6.07) is 0. The maximum Gasteiger partial charge on any atom is 0.306 e. The highest BCUT2D eigenvalue weighted by molar-refractivity contribution is 7.45. The van der Waals surface area contributed by atoms with E-state index in [9.17, 15) is 19.0 Å². The summed E-state index contributed by atoms with van der Waals surface area (Å²) < 4.78 is 33.9. The van der Waals surface area contributed by atoms with E-state index >= 15 is 0 Å². The Morgan fingerprint density at radius 3 is 1.37 bits per heavy atom. The van der Waals surface area contributed by atoms with Gasteiger partial charge in [0, 0.05) is 12.8 Å². The molecule has 0 aliphatic rings. The van der Waals surface area contributed by atoms with Crippen molar-refractivity contribution in [3.8, 4) is 0 Å². The highest BCUT2D eigenvalue weighted by Crippen LogP contribution is 2.38. The molecule has 0 aliphatic heterocycles. The van der Waals surface area contributed by atoms with Gasteiger partial charge in [0.15, 0.2) is 6.10 Å². The molecule has 348 valence electrons. The first-order valence-electron chi connectivity index (χ1n) is 24.0. The van der Waals surface area contributed by atoms with E-state index in [1.807, 2.05) is 21.1 Å². The van der Waals surface area contributed by atoms with Gasteiger partial charge in [-0.2, -0.15) is 0 Å². The summed E-state index contributed by atoms with van der Waals surface area (Å²) in [5.41, 5.74) is 0. The topological polar surface area (TPSA) is 111 Å². The van der Waals surface area contributed by atoms with E-state index in [4.69, 9.17) is 18.5 Å². The number of unbranched alkanes of at least 4 members (excludes halogenated alkanes) is 19. The van der Waals surface area contributed by atoms with E-state index in [1.54, 1.807) is 0 Å². The summed E-state index contributed by atoms with van der Waals surface area (Å²) >= 11 is 0. The zero-order valence-corrected chi connectivity index (χ0v) is 40.0. The molecule has 0 saturated carbocycles. The third-order valence-electron chi connectivity index (χ3n) is 10.0. The second kappa shape index (κ2) is 42.0. The largest absolute Gasteiger partial charge is 0.756 e. The summed E-state index contributed by atoms with van der Waals surface area (Å²) in [6.45, 7) is 4.15. The van der Waals surface area contributed by atoms with Crippen LogP contribution in [-0.2, 0) is 32.7 Å². The molecule has 0 radical (unpaired) electrons. The Morgan fingerprint density at radius 2 is 0.900 bits per heavy atom. The lowest BCUT2D eigenvalue weighted by Crippen LogP contribution is -2.37. The average molecular weight is 864 g/mol. The van der Waals surface area contributed by atoms with E-state index in [0.717, 1.165) is 89.9 Å². The first-order chi connectivity index (χ1) is 29.0. The van der Waals surface area contributed by atoms with Crippen LogP contribution >= 0.6 is 7.82 Å². The van der Waals surface area contributed by atoms with Gasteiger partial charge in [-0.25, -0.2) is 0 Å². The number of allylic oxidation sites excluding steroid dienone is 10. The Morgan fingerprint density at radius 1 is 0.517 bits per heavy atom. The molecule has 0 amide bonds. The average Bonchev–Trinajstić information content (AvgIpc) is 3.20. The maximum atomic E-state index is 12.7. The maximum absolute atomic E-state index is 12.7. The lowest BCUT2D eigenvalue weighted by atomic mass is 10.1. The molecule has 60 heavy (non-hydrogen) atoms. The van der Waals surface area contributed by atoms with Crippen LogP contribution in [0.25, 0.3) is 0 Å². The zero-order valence-electron chi connectivity index (χ0n) is 39.1. The first kappa shape index (κ1) is 57.7. The number of phosphoric acid groups is 1. The van der Waals surface area contributed by atoms with Crippen molar-refractivity contribution < 1.29 is 42.1 Å². The summed E-state index contributed by atoms with van der Waals surface area (Å²) in [6.07, 6.45) is 51.0. The minimum atomic E-state index is -4.64. The Bertz CT molecular complexity index is 1210. The summed E-state index contributed by atoms with van der Waals surface area (Å²) in [5, 5.41) is 0. The third kappa shape index (κ3) is 45.2. The smallest absolute Gasteiger partial charge is 0.306 e. The number of quaternary nitrogens is 1. The molecule has 0 bridgehead atoms. The monoisotopic (exact) mass is 864 g/mol. The zero-order chi connectivity index (χ0) is 44.3. The van der Waals surface area contributed by atoms with Gasteiger partial charge in [0.25, 0.3) is 7.82 Å². The molecule has 9 nitrogen and oxygen atoms in total. The predicted molar refractivity (Wildman–Crippen MR) is 250 cm³/mol. The normalized spacial score (nSPS) is 14.0.